The van der Waals surface area contributed by atoms with Gasteiger partial charge in [-0.1, -0.05) is 6.42 Å². The van der Waals surface area contributed by atoms with Gasteiger partial charge in [0.15, 0.2) is 9.84 Å². The molecule has 2 aliphatic rings. The van der Waals surface area contributed by atoms with Crippen LogP contribution in [0.4, 0.5) is 0 Å². The zero-order chi connectivity index (χ0) is 14.0. The Balaban J connectivity index is 2.07. The summed E-state index contributed by atoms with van der Waals surface area (Å²) in [6.45, 7) is 3.07. The van der Waals surface area contributed by atoms with E-state index in [1.165, 1.54) is 0 Å². The zero-order valence-corrected chi connectivity index (χ0v) is 12.4. The molecule has 0 aromatic heterocycles. The molecule has 6 heteroatoms. The van der Waals surface area contributed by atoms with Crippen molar-refractivity contribution in [3.8, 4) is 0 Å². The minimum absolute atomic E-state index is 0.00764. The normalized spacial score (nSPS) is 33.5. The van der Waals surface area contributed by atoms with Gasteiger partial charge in [0.05, 0.1) is 11.5 Å². The second-order valence-electron chi connectivity index (χ2n) is 5.71. The van der Waals surface area contributed by atoms with Gasteiger partial charge in [-0.3, -0.25) is 4.79 Å². The fourth-order valence-corrected chi connectivity index (χ4v) is 5.20. The second-order valence-corrected chi connectivity index (χ2v) is 7.94. The predicted molar refractivity (Wildman–Crippen MR) is 74.3 cm³/mol. The average molecular weight is 288 g/mol. The number of nitrogens with zero attached hydrogens (tertiary/aromatic N) is 1. The van der Waals surface area contributed by atoms with Gasteiger partial charge in [0.25, 0.3) is 0 Å². The summed E-state index contributed by atoms with van der Waals surface area (Å²) in [5.41, 5.74) is 5.73. The fourth-order valence-electron chi connectivity index (χ4n) is 3.47. The molecule has 1 unspecified atom stereocenters. The summed E-state index contributed by atoms with van der Waals surface area (Å²) in [6.07, 6.45) is 3.56. The van der Waals surface area contributed by atoms with E-state index in [1.54, 1.807) is 4.90 Å². The van der Waals surface area contributed by atoms with Gasteiger partial charge in [0.2, 0.25) is 5.91 Å². The van der Waals surface area contributed by atoms with Crippen LogP contribution in [0.3, 0.4) is 0 Å². The molecule has 1 saturated carbocycles. The molecule has 3 atom stereocenters. The topological polar surface area (TPSA) is 80.5 Å². The highest BCUT2D eigenvalue weighted by atomic mass is 32.2. The first-order chi connectivity index (χ1) is 8.98. The largest absolute Gasteiger partial charge is 0.339 e. The number of carbonyl (C=O) groups excluding carboxylic acids is 1. The molecular weight excluding hydrogens is 264 g/mol. The Bertz CT molecular complexity index is 435. The van der Waals surface area contributed by atoms with Crippen molar-refractivity contribution in [2.75, 3.05) is 24.6 Å². The van der Waals surface area contributed by atoms with Gasteiger partial charge in [-0.05, 0) is 38.6 Å². The third kappa shape index (κ3) is 3.11. The van der Waals surface area contributed by atoms with Crippen molar-refractivity contribution in [3.05, 3.63) is 0 Å². The highest BCUT2D eigenvalue weighted by Gasteiger charge is 2.39. The van der Waals surface area contributed by atoms with Gasteiger partial charge in [0.1, 0.15) is 0 Å². The maximum absolute atomic E-state index is 12.6. The molecule has 1 aliphatic carbocycles. The number of sulfone groups is 1. The molecule has 5 nitrogen and oxygen atoms in total. The number of carbonyl (C=O) groups is 1. The lowest BCUT2D eigenvalue weighted by Crippen LogP contribution is -2.45. The molecule has 0 aromatic rings. The molecule has 2 rings (SSSR count). The molecule has 0 bridgehead atoms. The Labute approximate surface area is 115 Å². The lowest BCUT2D eigenvalue weighted by molar-refractivity contribution is -0.138. The maximum Gasteiger partial charge on any atom is 0.226 e. The van der Waals surface area contributed by atoms with E-state index in [2.05, 4.69) is 0 Å². The van der Waals surface area contributed by atoms with Crippen LogP contribution in [0.5, 0.6) is 0 Å². The van der Waals surface area contributed by atoms with Crippen LogP contribution in [0.2, 0.25) is 0 Å². The summed E-state index contributed by atoms with van der Waals surface area (Å²) in [6, 6.07) is -0.124. The third-order valence-corrected chi connectivity index (χ3v) is 6.30. The highest BCUT2D eigenvalue weighted by molar-refractivity contribution is 7.91. The SMILES string of the molecule is CCN(C(=O)[C@@H]1CCC[C@@H]1CN)C1CCS(=O)(=O)C1. The van der Waals surface area contributed by atoms with E-state index < -0.39 is 9.84 Å². The van der Waals surface area contributed by atoms with Crippen LogP contribution in [-0.4, -0.2) is 49.9 Å². The summed E-state index contributed by atoms with van der Waals surface area (Å²) in [4.78, 5) is 14.4. The van der Waals surface area contributed by atoms with Crippen LogP contribution in [0, 0.1) is 11.8 Å². The summed E-state index contributed by atoms with van der Waals surface area (Å²) < 4.78 is 23.1. The van der Waals surface area contributed by atoms with Crippen molar-refractivity contribution in [3.63, 3.8) is 0 Å². The Hall–Kier alpha value is -0.620. The first-order valence-electron chi connectivity index (χ1n) is 7.19. The number of hydrogen-bond acceptors (Lipinski definition) is 4. The third-order valence-electron chi connectivity index (χ3n) is 4.55. The fraction of sp³-hybridized carbons (Fsp3) is 0.923. The van der Waals surface area contributed by atoms with Crippen molar-refractivity contribution in [1.29, 1.82) is 0 Å². The van der Waals surface area contributed by atoms with Crippen LogP contribution in [-0.2, 0) is 14.6 Å². The van der Waals surface area contributed by atoms with E-state index in [0.717, 1.165) is 19.3 Å². The summed E-state index contributed by atoms with van der Waals surface area (Å²) in [5.74, 6) is 0.754. The molecule has 1 heterocycles. The Kier molecular flexibility index (Phi) is 4.50. The molecule has 2 N–H and O–H groups in total. The lowest BCUT2D eigenvalue weighted by Gasteiger charge is -2.31. The summed E-state index contributed by atoms with van der Waals surface area (Å²) in [5, 5.41) is 0. The van der Waals surface area contributed by atoms with E-state index in [-0.39, 0.29) is 35.3 Å². The quantitative estimate of drug-likeness (QED) is 0.812. The standard InChI is InChI=1S/C13H24N2O3S/c1-2-15(11-6-7-19(17,18)9-11)13(16)12-5-3-4-10(12)8-14/h10-12H,2-9,14H2,1H3/t10-,11?,12-/m1/s1. The second kappa shape index (κ2) is 5.79. The van der Waals surface area contributed by atoms with E-state index in [9.17, 15) is 13.2 Å². The number of amides is 1. The molecule has 2 fully saturated rings. The monoisotopic (exact) mass is 288 g/mol. The first-order valence-corrected chi connectivity index (χ1v) is 9.01. The molecule has 1 saturated heterocycles. The van der Waals surface area contributed by atoms with Gasteiger partial charge < -0.3 is 10.6 Å². The predicted octanol–water partition coefficient (Wildman–Crippen LogP) is 0.397. The molecule has 110 valence electrons. The Morgan fingerprint density at radius 2 is 2.05 bits per heavy atom. The van der Waals surface area contributed by atoms with Crippen LogP contribution in [0.1, 0.15) is 32.6 Å². The van der Waals surface area contributed by atoms with E-state index in [4.69, 9.17) is 5.73 Å². The minimum atomic E-state index is -2.95. The molecule has 0 radical (unpaired) electrons. The number of nitrogens with two attached hydrogens (primary N) is 1. The molecule has 1 amide bonds. The van der Waals surface area contributed by atoms with E-state index in [1.807, 2.05) is 6.92 Å². The maximum atomic E-state index is 12.6. The Morgan fingerprint density at radius 3 is 2.58 bits per heavy atom. The molecule has 0 aromatic carbocycles. The van der Waals surface area contributed by atoms with Crippen molar-refractivity contribution in [2.24, 2.45) is 17.6 Å². The smallest absolute Gasteiger partial charge is 0.226 e. The zero-order valence-electron chi connectivity index (χ0n) is 11.5. The summed E-state index contributed by atoms with van der Waals surface area (Å²) in [7, 11) is -2.95. The van der Waals surface area contributed by atoms with Crippen molar-refractivity contribution < 1.29 is 13.2 Å². The lowest BCUT2D eigenvalue weighted by atomic mass is 9.94. The van der Waals surface area contributed by atoms with Crippen LogP contribution >= 0.6 is 0 Å². The average Bonchev–Trinajstić information content (AvgIpc) is 2.96. The van der Waals surface area contributed by atoms with Gasteiger partial charge in [0, 0.05) is 18.5 Å². The van der Waals surface area contributed by atoms with Gasteiger partial charge in [-0.15, -0.1) is 0 Å². The molecule has 19 heavy (non-hydrogen) atoms. The molecule has 0 spiro atoms. The van der Waals surface area contributed by atoms with Crippen LogP contribution in [0.25, 0.3) is 0 Å². The van der Waals surface area contributed by atoms with Crippen molar-refractivity contribution >= 4 is 15.7 Å². The minimum Gasteiger partial charge on any atom is -0.339 e. The van der Waals surface area contributed by atoms with Crippen LogP contribution < -0.4 is 5.73 Å². The molecular formula is C13H24N2O3S. The van der Waals surface area contributed by atoms with Gasteiger partial charge in [-0.2, -0.15) is 0 Å². The van der Waals surface area contributed by atoms with Crippen molar-refractivity contribution in [1.82, 2.24) is 4.90 Å². The summed E-state index contributed by atoms with van der Waals surface area (Å²) >= 11 is 0. The van der Waals surface area contributed by atoms with E-state index >= 15 is 0 Å². The highest BCUT2D eigenvalue weighted by Crippen LogP contribution is 2.33. The Morgan fingerprint density at radius 1 is 1.32 bits per heavy atom. The first kappa shape index (κ1) is 14.8. The molecule has 1 aliphatic heterocycles. The number of rotatable bonds is 4. The van der Waals surface area contributed by atoms with Gasteiger partial charge >= 0.3 is 0 Å². The van der Waals surface area contributed by atoms with Crippen molar-refractivity contribution in [2.45, 2.75) is 38.6 Å². The van der Waals surface area contributed by atoms with Gasteiger partial charge in [-0.25, -0.2) is 8.42 Å². The van der Waals surface area contributed by atoms with E-state index in [0.29, 0.717) is 19.5 Å². The van der Waals surface area contributed by atoms with Crippen LogP contribution in [0.15, 0.2) is 0 Å². The number of hydrogen-bond donors (Lipinski definition) is 1.